The molecule has 1 N–H and O–H groups in total. The molecule has 1 aromatic rings. The van der Waals surface area contributed by atoms with Gasteiger partial charge in [0.2, 0.25) is 5.91 Å². The van der Waals surface area contributed by atoms with Crippen molar-refractivity contribution in [2.75, 3.05) is 27.2 Å². The van der Waals surface area contributed by atoms with E-state index < -0.39 is 0 Å². The largest absolute Gasteiger partial charge is 0.496 e. The minimum absolute atomic E-state index is 0.173. The molecule has 1 unspecified atom stereocenters. The first-order valence-corrected chi connectivity index (χ1v) is 7.20. The number of amides is 1. The third kappa shape index (κ3) is 3.51. The van der Waals surface area contributed by atoms with Gasteiger partial charge in [0.1, 0.15) is 5.75 Å². The number of likely N-dealkylation sites (N-methyl/N-ethyl adjacent to an activating group) is 1. The molecule has 20 heavy (non-hydrogen) atoms. The van der Waals surface area contributed by atoms with Gasteiger partial charge in [-0.3, -0.25) is 4.79 Å². The molecule has 110 valence electrons. The molecule has 2 rings (SSSR count). The van der Waals surface area contributed by atoms with Crippen LogP contribution in [-0.4, -0.2) is 44.1 Å². The quantitative estimate of drug-likeness (QED) is 0.860. The van der Waals surface area contributed by atoms with Gasteiger partial charge in [-0.2, -0.15) is 0 Å². The fourth-order valence-electron chi connectivity index (χ4n) is 2.46. The van der Waals surface area contributed by atoms with E-state index >= 15 is 0 Å². The lowest BCUT2D eigenvalue weighted by Crippen LogP contribution is -2.46. The van der Waals surface area contributed by atoms with E-state index in [2.05, 4.69) is 18.3 Å². The summed E-state index contributed by atoms with van der Waals surface area (Å²) in [4.78, 5) is 14.1. The summed E-state index contributed by atoms with van der Waals surface area (Å²) in [6.45, 7) is 4.03. The summed E-state index contributed by atoms with van der Waals surface area (Å²) in [6, 6.07) is 8.16. The maximum Gasteiger partial charge on any atom is 0.222 e. The molecule has 0 aromatic heterocycles. The molecule has 1 aliphatic heterocycles. The Kier molecular flexibility index (Phi) is 5.01. The molecule has 1 amide bonds. The van der Waals surface area contributed by atoms with Crippen LogP contribution in [0.1, 0.15) is 18.9 Å². The molecule has 4 heteroatoms. The number of para-hydroxylation sites is 1. The average molecular weight is 276 g/mol. The molecular weight excluding hydrogens is 252 g/mol. The van der Waals surface area contributed by atoms with Crippen LogP contribution in [0.3, 0.4) is 0 Å². The standard InChI is InChI=1S/C16H24N2O2/c1-12(8-14-6-4-5-7-15(14)20-3)18(2)16(19)9-13-10-17-11-13/h4-7,12-13,17H,8-11H2,1-3H3. The Morgan fingerprint density at radius 2 is 2.15 bits per heavy atom. The SMILES string of the molecule is COc1ccccc1CC(C)N(C)C(=O)CC1CNC1. The molecule has 1 saturated heterocycles. The Balaban J connectivity index is 1.92. The molecule has 1 aliphatic rings. The smallest absolute Gasteiger partial charge is 0.222 e. The molecule has 0 spiro atoms. The van der Waals surface area contributed by atoms with Crippen LogP contribution < -0.4 is 10.1 Å². The third-order valence-corrected chi connectivity index (χ3v) is 4.09. The van der Waals surface area contributed by atoms with Crippen LogP contribution >= 0.6 is 0 Å². The fraction of sp³-hybridized carbons (Fsp3) is 0.562. The predicted molar refractivity (Wildman–Crippen MR) is 79.9 cm³/mol. The number of hydrogen-bond acceptors (Lipinski definition) is 3. The molecule has 4 nitrogen and oxygen atoms in total. The summed E-state index contributed by atoms with van der Waals surface area (Å²) >= 11 is 0. The summed E-state index contributed by atoms with van der Waals surface area (Å²) in [5, 5.41) is 3.20. The Morgan fingerprint density at radius 1 is 1.45 bits per heavy atom. The summed E-state index contributed by atoms with van der Waals surface area (Å²) in [6.07, 6.45) is 1.47. The van der Waals surface area contributed by atoms with Crippen molar-refractivity contribution >= 4 is 5.91 Å². The predicted octanol–water partition coefficient (Wildman–Crippen LogP) is 1.69. The molecule has 1 heterocycles. The number of carbonyl (C=O) groups is 1. The molecule has 0 bridgehead atoms. The van der Waals surface area contributed by atoms with Gasteiger partial charge in [0.05, 0.1) is 7.11 Å². The average Bonchev–Trinajstić information content (AvgIpc) is 2.42. The molecular formula is C16H24N2O2. The highest BCUT2D eigenvalue weighted by Gasteiger charge is 2.24. The zero-order valence-electron chi connectivity index (χ0n) is 12.6. The van der Waals surface area contributed by atoms with Gasteiger partial charge in [-0.1, -0.05) is 18.2 Å². The third-order valence-electron chi connectivity index (χ3n) is 4.09. The lowest BCUT2D eigenvalue weighted by molar-refractivity contribution is -0.133. The number of ether oxygens (including phenoxy) is 1. The first-order chi connectivity index (χ1) is 9.61. The number of benzene rings is 1. The Labute approximate surface area is 121 Å². The van der Waals surface area contributed by atoms with E-state index in [1.54, 1.807) is 7.11 Å². The maximum atomic E-state index is 12.2. The molecule has 0 aliphatic carbocycles. The highest BCUT2D eigenvalue weighted by molar-refractivity contribution is 5.76. The van der Waals surface area contributed by atoms with Gasteiger partial charge >= 0.3 is 0 Å². The molecule has 1 fully saturated rings. The van der Waals surface area contributed by atoms with Crippen molar-refractivity contribution in [1.29, 1.82) is 0 Å². The van der Waals surface area contributed by atoms with E-state index in [-0.39, 0.29) is 11.9 Å². The van der Waals surface area contributed by atoms with Crippen LogP contribution in [0.4, 0.5) is 0 Å². The van der Waals surface area contributed by atoms with Crippen LogP contribution in [0.15, 0.2) is 24.3 Å². The van der Waals surface area contributed by atoms with E-state index in [1.165, 1.54) is 0 Å². The van der Waals surface area contributed by atoms with Crippen molar-refractivity contribution in [3.05, 3.63) is 29.8 Å². The monoisotopic (exact) mass is 276 g/mol. The second-order valence-corrected chi connectivity index (χ2v) is 5.60. The second-order valence-electron chi connectivity index (χ2n) is 5.60. The number of nitrogens with zero attached hydrogens (tertiary/aromatic N) is 1. The second kappa shape index (κ2) is 6.75. The van der Waals surface area contributed by atoms with Crippen molar-refractivity contribution in [3.8, 4) is 5.75 Å². The van der Waals surface area contributed by atoms with Gasteiger partial charge < -0.3 is 15.0 Å². The van der Waals surface area contributed by atoms with E-state index in [9.17, 15) is 4.79 Å². The summed E-state index contributed by atoms with van der Waals surface area (Å²) < 4.78 is 5.37. The molecule has 1 aromatic carbocycles. The molecule has 0 radical (unpaired) electrons. The first-order valence-electron chi connectivity index (χ1n) is 7.20. The maximum absolute atomic E-state index is 12.2. The Bertz CT molecular complexity index is 458. The highest BCUT2D eigenvalue weighted by Crippen LogP contribution is 2.21. The number of nitrogens with one attached hydrogen (secondary N) is 1. The van der Waals surface area contributed by atoms with Gasteiger partial charge in [-0.25, -0.2) is 0 Å². The van der Waals surface area contributed by atoms with Crippen molar-refractivity contribution in [3.63, 3.8) is 0 Å². The fourth-order valence-corrected chi connectivity index (χ4v) is 2.46. The molecule has 0 saturated carbocycles. The van der Waals surface area contributed by atoms with Crippen molar-refractivity contribution in [1.82, 2.24) is 10.2 Å². The van der Waals surface area contributed by atoms with Crippen molar-refractivity contribution < 1.29 is 9.53 Å². The normalized spacial score (nSPS) is 16.4. The Hall–Kier alpha value is -1.55. The van der Waals surface area contributed by atoms with Crippen molar-refractivity contribution in [2.45, 2.75) is 25.8 Å². The van der Waals surface area contributed by atoms with Crippen LogP contribution in [0.2, 0.25) is 0 Å². The number of rotatable bonds is 6. The lowest BCUT2D eigenvalue weighted by Gasteiger charge is -2.31. The summed E-state index contributed by atoms with van der Waals surface area (Å²) in [5.41, 5.74) is 1.15. The van der Waals surface area contributed by atoms with E-state index in [0.29, 0.717) is 12.3 Å². The molecule has 1 atom stereocenters. The summed E-state index contributed by atoms with van der Waals surface area (Å²) in [5.74, 6) is 1.64. The van der Waals surface area contributed by atoms with Crippen LogP contribution in [0, 0.1) is 5.92 Å². The van der Waals surface area contributed by atoms with E-state index in [0.717, 1.165) is 30.8 Å². The minimum atomic E-state index is 0.173. The van der Waals surface area contributed by atoms with Gasteiger partial charge in [-0.05, 0) is 44.0 Å². The summed E-state index contributed by atoms with van der Waals surface area (Å²) in [7, 11) is 3.58. The topological polar surface area (TPSA) is 41.6 Å². The van der Waals surface area contributed by atoms with Crippen LogP contribution in [0.25, 0.3) is 0 Å². The van der Waals surface area contributed by atoms with Crippen LogP contribution in [0.5, 0.6) is 5.75 Å². The first kappa shape index (κ1) is 14.9. The van der Waals surface area contributed by atoms with E-state index in [4.69, 9.17) is 4.74 Å². The zero-order valence-corrected chi connectivity index (χ0v) is 12.6. The number of hydrogen-bond donors (Lipinski definition) is 1. The Morgan fingerprint density at radius 3 is 2.75 bits per heavy atom. The minimum Gasteiger partial charge on any atom is -0.496 e. The lowest BCUT2D eigenvalue weighted by atomic mass is 9.98. The van der Waals surface area contributed by atoms with Crippen molar-refractivity contribution in [2.24, 2.45) is 5.92 Å². The highest BCUT2D eigenvalue weighted by atomic mass is 16.5. The number of carbonyl (C=O) groups excluding carboxylic acids is 1. The van der Waals surface area contributed by atoms with Gasteiger partial charge in [-0.15, -0.1) is 0 Å². The zero-order chi connectivity index (χ0) is 14.5. The van der Waals surface area contributed by atoms with Gasteiger partial charge in [0.25, 0.3) is 0 Å². The van der Waals surface area contributed by atoms with Crippen LogP contribution in [-0.2, 0) is 11.2 Å². The van der Waals surface area contributed by atoms with Gasteiger partial charge in [0, 0.05) is 19.5 Å². The number of methoxy groups -OCH3 is 1. The van der Waals surface area contributed by atoms with Gasteiger partial charge in [0.15, 0.2) is 0 Å². The van der Waals surface area contributed by atoms with E-state index in [1.807, 2.05) is 30.1 Å².